The maximum atomic E-state index is 10.9. The van der Waals surface area contributed by atoms with E-state index in [9.17, 15) is 5.11 Å². The Hall–Kier alpha value is -1.36. The van der Waals surface area contributed by atoms with Gasteiger partial charge in [0, 0.05) is 13.0 Å². The molecule has 0 saturated heterocycles. The summed E-state index contributed by atoms with van der Waals surface area (Å²) in [6.45, 7) is 3.32. The van der Waals surface area contributed by atoms with Crippen molar-refractivity contribution in [3.05, 3.63) is 52.8 Å². The van der Waals surface area contributed by atoms with Gasteiger partial charge in [0.25, 0.3) is 0 Å². The Balaban J connectivity index is 2.24. The quantitative estimate of drug-likeness (QED) is 0.892. The standard InChI is InChI=1S/C16H22ClN3O/c1-16(21,11-13-7-5-4-6-8-13)15-14(17)12-18-20(15)10-9-19(2)3/h4-8,12,21H,9-11H2,1-3H3. The molecule has 0 aliphatic heterocycles. The van der Waals surface area contributed by atoms with Crippen LogP contribution in [-0.4, -0.2) is 40.4 Å². The van der Waals surface area contributed by atoms with Gasteiger partial charge in [-0.1, -0.05) is 41.9 Å². The normalized spacial score (nSPS) is 14.4. The van der Waals surface area contributed by atoms with Gasteiger partial charge in [-0.15, -0.1) is 0 Å². The molecule has 0 fully saturated rings. The number of likely N-dealkylation sites (N-methyl/N-ethyl adjacent to an activating group) is 1. The summed E-state index contributed by atoms with van der Waals surface area (Å²) in [6, 6.07) is 9.91. The lowest BCUT2D eigenvalue weighted by Crippen LogP contribution is -2.30. The molecule has 1 aromatic carbocycles. The molecule has 0 amide bonds. The molecule has 0 radical (unpaired) electrons. The van der Waals surface area contributed by atoms with Crippen LogP contribution in [0, 0.1) is 0 Å². The molecule has 0 aliphatic carbocycles. The van der Waals surface area contributed by atoms with E-state index < -0.39 is 5.60 Å². The van der Waals surface area contributed by atoms with Crippen molar-refractivity contribution in [2.24, 2.45) is 0 Å². The largest absolute Gasteiger partial charge is 0.383 e. The minimum atomic E-state index is -1.05. The molecule has 114 valence electrons. The van der Waals surface area contributed by atoms with Crippen LogP contribution in [0.5, 0.6) is 0 Å². The Morgan fingerprint density at radius 3 is 2.57 bits per heavy atom. The molecule has 0 bridgehead atoms. The van der Waals surface area contributed by atoms with E-state index in [4.69, 9.17) is 11.6 Å². The van der Waals surface area contributed by atoms with Gasteiger partial charge in [0.2, 0.25) is 0 Å². The SMILES string of the molecule is CN(C)CCn1ncc(Cl)c1C(C)(O)Cc1ccccc1. The lowest BCUT2D eigenvalue weighted by Gasteiger charge is -2.25. The summed E-state index contributed by atoms with van der Waals surface area (Å²) in [5.74, 6) is 0. The third kappa shape index (κ3) is 4.06. The van der Waals surface area contributed by atoms with Crippen LogP contribution in [0.15, 0.2) is 36.5 Å². The van der Waals surface area contributed by atoms with Crippen molar-refractivity contribution in [3.8, 4) is 0 Å². The van der Waals surface area contributed by atoms with Crippen LogP contribution < -0.4 is 0 Å². The van der Waals surface area contributed by atoms with Crippen LogP contribution in [0.4, 0.5) is 0 Å². The van der Waals surface area contributed by atoms with Crippen molar-refractivity contribution in [1.82, 2.24) is 14.7 Å². The van der Waals surface area contributed by atoms with E-state index >= 15 is 0 Å². The number of aromatic nitrogens is 2. The van der Waals surface area contributed by atoms with Crippen LogP contribution in [0.25, 0.3) is 0 Å². The number of halogens is 1. The summed E-state index contributed by atoms with van der Waals surface area (Å²) in [7, 11) is 4.01. The second kappa shape index (κ2) is 6.60. The number of hydrogen-bond donors (Lipinski definition) is 1. The number of aliphatic hydroxyl groups is 1. The fourth-order valence-electron chi connectivity index (χ4n) is 2.44. The van der Waals surface area contributed by atoms with Gasteiger partial charge < -0.3 is 10.0 Å². The average Bonchev–Trinajstić information content (AvgIpc) is 2.79. The first-order chi connectivity index (χ1) is 9.90. The van der Waals surface area contributed by atoms with Gasteiger partial charge in [-0.2, -0.15) is 5.10 Å². The van der Waals surface area contributed by atoms with Gasteiger partial charge in [-0.05, 0) is 26.6 Å². The molecule has 0 saturated carbocycles. The van der Waals surface area contributed by atoms with Gasteiger partial charge >= 0.3 is 0 Å². The Bertz CT molecular complexity index is 578. The number of hydrogen-bond acceptors (Lipinski definition) is 3. The molecule has 1 unspecified atom stereocenters. The average molecular weight is 308 g/mol. The smallest absolute Gasteiger partial charge is 0.109 e. The Labute approximate surface area is 131 Å². The number of benzene rings is 1. The number of rotatable bonds is 6. The highest BCUT2D eigenvalue weighted by Crippen LogP contribution is 2.31. The van der Waals surface area contributed by atoms with Crippen molar-refractivity contribution < 1.29 is 5.11 Å². The molecule has 4 nitrogen and oxygen atoms in total. The maximum absolute atomic E-state index is 10.9. The Morgan fingerprint density at radius 1 is 1.29 bits per heavy atom. The molecule has 1 heterocycles. The molecular weight excluding hydrogens is 286 g/mol. The van der Waals surface area contributed by atoms with E-state index in [2.05, 4.69) is 10.00 Å². The lowest BCUT2D eigenvalue weighted by atomic mass is 9.93. The first kappa shape index (κ1) is 16.0. The summed E-state index contributed by atoms with van der Waals surface area (Å²) >= 11 is 6.25. The van der Waals surface area contributed by atoms with Crippen LogP contribution in [0.1, 0.15) is 18.2 Å². The lowest BCUT2D eigenvalue weighted by molar-refractivity contribution is 0.0475. The fourth-order valence-corrected chi connectivity index (χ4v) is 2.78. The van der Waals surface area contributed by atoms with E-state index in [0.29, 0.717) is 23.7 Å². The molecule has 5 heteroatoms. The molecule has 1 N–H and O–H groups in total. The maximum Gasteiger partial charge on any atom is 0.109 e. The van der Waals surface area contributed by atoms with Gasteiger partial charge in [-0.25, -0.2) is 0 Å². The van der Waals surface area contributed by atoms with Crippen LogP contribution in [-0.2, 0) is 18.6 Å². The van der Waals surface area contributed by atoms with Gasteiger partial charge in [-0.3, -0.25) is 4.68 Å². The topological polar surface area (TPSA) is 41.3 Å². The zero-order valence-corrected chi connectivity index (χ0v) is 13.5. The molecule has 2 rings (SSSR count). The van der Waals surface area contributed by atoms with Crippen LogP contribution in [0.3, 0.4) is 0 Å². The minimum absolute atomic E-state index is 0.501. The van der Waals surface area contributed by atoms with E-state index in [-0.39, 0.29) is 0 Å². The molecule has 0 aliphatic rings. The van der Waals surface area contributed by atoms with Crippen LogP contribution >= 0.6 is 11.6 Å². The van der Waals surface area contributed by atoms with Crippen molar-refractivity contribution in [2.75, 3.05) is 20.6 Å². The van der Waals surface area contributed by atoms with Gasteiger partial charge in [0.15, 0.2) is 0 Å². The Kier molecular flexibility index (Phi) is 5.04. The molecule has 21 heavy (non-hydrogen) atoms. The Morgan fingerprint density at radius 2 is 1.95 bits per heavy atom. The van der Waals surface area contributed by atoms with Crippen LogP contribution in [0.2, 0.25) is 5.02 Å². The highest BCUT2D eigenvalue weighted by atomic mass is 35.5. The van der Waals surface area contributed by atoms with E-state index in [0.717, 1.165) is 12.1 Å². The summed E-state index contributed by atoms with van der Waals surface area (Å²) < 4.78 is 1.80. The number of nitrogens with zero attached hydrogens (tertiary/aromatic N) is 3. The molecule has 2 aromatic rings. The summed E-state index contributed by atoms with van der Waals surface area (Å²) in [6.07, 6.45) is 2.10. The van der Waals surface area contributed by atoms with Crippen molar-refractivity contribution >= 4 is 11.6 Å². The zero-order valence-electron chi connectivity index (χ0n) is 12.8. The molecule has 1 atom stereocenters. The minimum Gasteiger partial charge on any atom is -0.383 e. The fraction of sp³-hybridized carbons (Fsp3) is 0.438. The van der Waals surface area contributed by atoms with Crippen molar-refractivity contribution in [3.63, 3.8) is 0 Å². The predicted octanol–water partition coefficient (Wildman–Crippen LogP) is 2.55. The van der Waals surface area contributed by atoms with Crippen molar-refractivity contribution in [1.29, 1.82) is 0 Å². The monoisotopic (exact) mass is 307 g/mol. The highest BCUT2D eigenvalue weighted by molar-refractivity contribution is 6.31. The second-order valence-electron chi connectivity index (χ2n) is 5.80. The summed E-state index contributed by atoms with van der Waals surface area (Å²) in [4.78, 5) is 2.07. The van der Waals surface area contributed by atoms with Gasteiger partial charge in [0.05, 0.1) is 23.5 Å². The van der Waals surface area contributed by atoms with Gasteiger partial charge in [0.1, 0.15) is 5.60 Å². The molecule has 1 aromatic heterocycles. The van der Waals surface area contributed by atoms with E-state index in [1.54, 1.807) is 17.8 Å². The molecular formula is C16H22ClN3O. The van der Waals surface area contributed by atoms with E-state index in [1.165, 1.54) is 0 Å². The summed E-state index contributed by atoms with van der Waals surface area (Å²) in [5, 5.41) is 15.7. The first-order valence-corrected chi connectivity index (χ1v) is 7.41. The third-order valence-corrected chi connectivity index (χ3v) is 3.73. The highest BCUT2D eigenvalue weighted by Gasteiger charge is 2.30. The van der Waals surface area contributed by atoms with Crippen molar-refractivity contribution in [2.45, 2.75) is 25.5 Å². The first-order valence-electron chi connectivity index (χ1n) is 7.03. The predicted molar refractivity (Wildman–Crippen MR) is 85.5 cm³/mol. The second-order valence-corrected chi connectivity index (χ2v) is 6.21. The summed E-state index contributed by atoms with van der Waals surface area (Å²) in [5.41, 5.74) is 0.690. The molecule has 0 spiro atoms. The van der Waals surface area contributed by atoms with E-state index in [1.807, 2.05) is 44.4 Å². The third-order valence-electron chi connectivity index (χ3n) is 3.46. The zero-order chi connectivity index (χ0) is 15.5.